The molecule has 0 aromatic heterocycles. The average molecular weight is 343 g/mol. The minimum Gasteiger partial charge on any atom is -0.384 e. The molecule has 2 aliphatic rings. The number of carbonyl (C=O) groups excluding carboxylic acids is 1. The van der Waals surface area contributed by atoms with E-state index in [1.54, 1.807) is 14.0 Å². The number of benzene rings is 1. The van der Waals surface area contributed by atoms with Gasteiger partial charge in [0, 0.05) is 37.2 Å². The average Bonchev–Trinajstić information content (AvgIpc) is 2.94. The maximum Gasteiger partial charge on any atom is 0.416 e. The van der Waals surface area contributed by atoms with Crippen LogP contribution in [0.4, 0.5) is 13.2 Å². The van der Waals surface area contributed by atoms with Crippen molar-refractivity contribution in [1.29, 1.82) is 0 Å². The highest BCUT2D eigenvalue weighted by atomic mass is 19.4. The number of alkyl halides is 3. The fourth-order valence-electron chi connectivity index (χ4n) is 3.71. The molecule has 1 heterocycles. The van der Waals surface area contributed by atoms with E-state index in [1.165, 1.54) is 6.07 Å². The van der Waals surface area contributed by atoms with Crippen LogP contribution in [-0.4, -0.2) is 38.4 Å². The van der Waals surface area contributed by atoms with Crippen molar-refractivity contribution in [3.63, 3.8) is 0 Å². The van der Waals surface area contributed by atoms with Gasteiger partial charge in [0.1, 0.15) is 0 Å². The van der Waals surface area contributed by atoms with Crippen LogP contribution >= 0.6 is 0 Å². The third kappa shape index (κ3) is 3.02. The van der Waals surface area contributed by atoms with E-state index >= 15 is 0 Å². The monoisotopic (exact) mass is 343 g/mol. The molecule has 0 unspecified atom stereocenters. The summed E-state index contributed by atoms with van der Waals surface area (Å²) in [6.45, 7) is 2.72. The number of methoxy groups -OCH3 is 1. The lowest BCUT2D eigenvalue weighted by atomic mass is 9.67. The third-order valence-corrected chi connectivity index (χ3v) is 4.99. The van der Waals surface area contributed by atoms with Crippen LogP contribution in [0.3, 0.4) is 0 Å². The van der Waals surface area contributed by atoms with Gasteiger partial charge in [-0.15, -0.1) is 0 Å². The fourth-order valence-corrected chi connectivity index (χ4v) is 3.71. The van der Waals surface area contributed by atoms with Crippen LogP contribution < -0.4 is 5.32 Å². The molecule has 4 nitrogen and oxygen atoms in total. The molecule has 0 radical (unpaired) electrons. The molecular formula is C17H20F3NO3. The molecule has 1 aromatic carbocycles. The Morgan fingerprint density at radius 2 is 2.17 bits per heavy atom. The Morgan fingerprint density at radius 1 is 1.42 bits per heavy atom. The highest BCUT2D eigenvalue weighted by molar-refractivity contribution is 5.96. The number of carbonyl (C=O) groups is 1. The first-order chi connectivity index (χ1) is 11.3. The van der Waals surface area contributed by atoms with E-state index in [0.29, 0.717) is 18.8 Å². The Hall–Kier alpha value is -1.60. The van der Waals surface area contributed by atoms with Gasteiger partial charge >= 0.3 is 6.18 Å². The van der Waals surface area contributed by atoms with E-state index < -0.39 is 17.6 Å². The summed E-state index contributed by atoms with van der Waals surface area (Å²) >= 11 is 0. The highest BCUT2D eigenvalue weighted by Gasteiger charge is 2.54. The molecule has 4 atom stereocenters. The molecule has 2 fully saturated rings. The molecule has 1 amide bonds. The minimum absolute atomic E-state index is 0.0394. The van der Waals surface area contributed by atoms with Crippen LogP contribution in [0.2, 0.25) is 0 Å². The van der Waals surface area contributed by atoms with E-state index in [2.05, 4.69) is 5.32 Å². The second-order valence-electron chi connectivity index (χ2n) is 6.43. The van der Waals surface area contributed by atoms with E-state index in [9.17, 15) is 18.0 Å². The van der Waals surface area contributed by atoms with Gasteiger partial charge in [-0.2, -0.15) is 13.2 Å². The molecule has 3 rings (SSSR count). The Kier molecular flexibility index (Phi) is 4.57. The summed E-state index contributed by atoms with van der Waals surface area (Å²) in [6.07, 6.45) is -3.56. The van der Waals surface area contributed by atoms with Gasteiger partial charge in [-0.1, -0.05) is 6.07 Å². The Morgan fingerprint density at radius 3 is 2.83 bits per heavy atom. The van der Waals surface area contributed by atoms with Gasteiger partial charge in [0.25, 0.3) is 5.91 Å². The van der Waals surface area contributed by atoms with Crippen molar-refractivity contribution in [1.82, 2.24) is 5.32 Å². The topological polar surface area (TPSA) is 47.6 Å². The molecule has 0 bridgehead atoms. The standard InChI is InChI=1S/C17H20F3NO3/c1-9-3-4-10(17(18,19)20)7-12(9)16(22)21-14-11-5-6-24-15(11)13(14)8-23-2/h3-4,7,11,13-15H,5-6,8H2,1-2H3,(H,21,22)/t11-,13+,14-,15-/m1/s1. The first kappa shape index (κ1) is 17.2. The van der Waals surface area contributed by atoms with Gasteiger partial charge in [-0.25, -0.2) is 0 Å². The predicted octanol–water partition coefficient (Wildman–Crippen LogP) is 2.79. The second-order valence-corrected chi connectivity index (χ2v) is 6.43. The maximum atomic E-state index is 12.9. The number of amides is 1. The molecule has 0 spiro atoms. The van der Waals surface area contributed by atoms with E-state index in [-0.39, 0.29) is 29.5 Å². The first-order valence-corrected chi connectivity index (χ1v) is 7.92. The Labute approximate surface area is 138 Å². The van der Waals surface area contributed by atoms with Crippen molar-refractivity contribution in [2.24, 2.45) is 11.8 Å². The van der Waals surface area contributed by atoms with Crippen LogP contribution in [-0.2, 0) is 15.7 Å². The molecule has 1 saturated carbocycles. The van der Waals surface area contributed by atoms with E-state index in [4.69, 9.17) is 9.47 Å². The maximum absolute atomic E-state index is 12.9. The zero-order valence-electron chi connectivity index (χ0n) is 13.5. The lowest BCUT2D eigenvalue weighted by Crippen LogP contribution is -2.62. The van der Waals surface area contributed by atoms with Crippen molar-refractivity contribution in [3.8, 4) is 0 Å². The zero-order valence-corrected chi connectivity index (χ0v) is 13.5. The molecule has 132 valence electrons. The summed E-state index contributed by atoms with van der Waals surface area (Å²) in [5.74, 6) is -0.229. The number of rotatable bonds is 4. The van der Waals surface area contributed by atoms with Gasteiger partial charge in [0.2, 0.25) is 0 Å². The summed E-state index contributed by atoms with van der Waals surface area (Å²) in [4.78, 5) is 12.5. The summed E-state index contributed by atoms with van der Waals surface area (Å²) < 4.78 is 49.5. The molecule has 1 N–H and O–H groups in total. The highest BCUT2D eigenvalue weighted by Crippen LogP contribution is 2.44. The number of halogens is 3. The molecule has 1 aliphatic heterocycles. The van der Waals surface area contributed by atoms with Gasteiger partial charge in [-0.05, 0) is 31.0 Å². The van der Waals surface area contributed by atoms with Crippen LogP contribution in [0.5, 0.6) is 0 Å². The summed E-state index contributed by atoms with van der Waals surface area (Å²) in [6, 6.07) is 3.10. The van der Waals surface area contributed by atoms with Crippen LogP contribution in [0, 0.1) is 18.8 Å². The van der Waals surface area contributed by atoms with Crippen molar-refractivity contribution < 1.29 is 27.4 Å². The Balaban J connectivity index is 1.77. The normalized spacial score (nSPS) is 29.0. The summed E-state index contributed by atoms with van der Waals surface area (Å²) in [7, 11) is 1.58. The van der Waals surface area contributed by atoms with Crippen molar-refractivity contribution in [2.75, 3.05) is 20.3 Å². The number of aryl methyl sites for hydroxylation is 1. The number of fused-ring (bicyclic) bond motifs is 1. The van der Waals surface area contributed by atoms with Crippen molar-refractivity contribution >= 4 is 5.91 Å². The molecule has 7 heteroatoms. The SMILES string of the molecule is COC[C@H]1[C@H](NC(=O)c2cc(C(F)(F)F)ccc2C)[C@H]2CCO[C@H]21. The largest absolute Gasteiger partial charge is 0.416 e. The lowest BCUT2D eigenvalue weighted by molar-refractivity contribution is -0.137. The van der Waals surface area contributed by atoms with E-state index in [0.717, 1.165) is 18.6 Å². The van der Waals surface area contributed by atoms with Crippen LogP contribution in [0.1, 0.15) is 27.9 Å². The molecule has 1 saturated heterocycles. The van der Waals surface area contributed by atoms with Gasteiger partial charge < -0.3 is 14.8 Å². The molecule has 1 aromatic rings. The smallest absolute Gasteiger partial charge is 0.384 e. The second kappa shape index (κ2) is 6.37. The third-order valence-electron chi connectivity index (χ3n) is 4.99. The molecule has 24 heavy (non-hydrogen) atoms. The van der Waals surface area contributed by atoms with Crippen molar-refractivity contribution in [2.45, 2.75) is 31.7 Å². The predicted molar refractivity (Wildman–Crippen MR) is 80.6 cm³/mol. The minimum atomic E-state index is -4.47. The van der Waals surface area contributed by atoms with Gasteiger partial charge in [-0.3, -0.25) is 4.79 Å². The molecular weight excluding hydrogens is 323 g/mol. The van der Waals surface area contributed by atoms with Crippen LogP contribution in [0.15, 0.2) is 18.2 Å². The first-order valence-electron chi connectivity index (χ1n) is 7.92. The summed E-state index contributed by atoms with van der Waals surface area (Å²) in [5, 5.41) is 2.89. The Bertz CT molecular complexity index is 632. The van der Waals surface area contributed by atoms with Crippen molar-refractivity contribution in [3.05, 3.63) is 34.9 Å². The quantitative estimate of drug-likeness (QED) is 0.915. The summed E-state index contributed by atoms with van der Waals surface area (Å²) in [5.41, 5.74) is -0.243. The number of hydrogen-bond donors (Lipinski definition) is 1. The fraction of sp³-hybridized carbons (Fsp3) is 0.588. The zero-order chi connectivity index (χ0) is 17.5. The van der Waals surface area contributed by atoms with Crippen LogP contribution in [0.25, 0.3) is 0 Å². The molecule has 1 aliphatic carbocycles. The van der Waals surface area contributed by atoms with Gasteiger partial charge in [0.05, 0.1) is 18.3 Å². The van der Waals surface area contributed by atoms with E-state index in [1.807, 2.05) is 0 Å². The number of ether oxygens (including phenoxy) is 2. The number of nitrogens with one attached hydrogen (secondary N) is 1. The number of hydrogen-bond acceptors (Lipinski definition) is 3. The lowest BCUT2D eigenvalue weighted by Gasteiger charge is -2.47. The van der Waals surface area contributed by atoms with Gasteiger partial charge in [0.15, 0.2) is 0 Å².